The van der Waals surface area contributed by atoms with E-state index in [9.17, 15) is 0 Å². The van der Waals surface area contributed by atoms with E-state index in [0.717, 1.165) is 37.0 Å². The molecule has 1 aromatic carbocycles. The van der Waals surface area contributed by atoms with E-state index in [0.29, 0.717) is 6.04 Å². The van der Waals surface area contributed by atoms with Gasteiger partial charge in [-0.2, -0.15) is 0 Å². The fourth-order valence-corrected chi connectivity index (χ4v) is 5.87. The summed E-state index contributed by atoms with van der Waals surface area (Å²) in [6, 6.07) is 10.1. The van der Waals surface area contributed by atoms with Crippen LogP contribution in [0.1, 0.15) is 83.5 Å². The SMILES string of the molecule is CCNCCc1nc2ccccc2n1C1CCN(C(C)C2CCCCCCC2)CC1. The molecule has 30 heavy (non-hydrogen) atoms. The van der Waals surface area contributed by atoms with Gasteiger partial charge in [0.15, 0.2) is 0 Å². The lowest BCUT2D eigenvalue weighted by Crippen LogP contribution is -2.44. The smallest absolute Gasteiger partial charge is 0.111 e. The molecule has 1 saturated heterocycles. The molecule has 166 valence electrons. The Balaban J connectivity index is 1.43. The molecule has 4 rings (SSSR count). The molecule has 4 heteroatoms. The van der Waals surface area contributed by atoms with Gasteiger partial charge in [0.2, 0.25) is 0 Å². The second-order valence-electron chi connectivity index (χ2n) is 9.60. The van der Waals surface area contributed by atoms with Crippen molar-refractivity contribution in [3.05, 3.63) is 30.1 Å². The minimum atomic E-state index is 0.592. The maximum absolute atomic E-state index is 5.02. The van der Waals surface area contributed by atoms with E-state index in [-0.39, 0.29) is 0 Å². The number of nitrogens with one attached hydrogen (secondary N) is 1. The Morgan fingerprint density at radius 3 is 2.43 bits per heavy atom. The highest BCUT2D eigenvalue weighted by molar-refractivity contribution is 5.76. The lowest BCUT2D eigenvalue weighted by molar-refractivity contribution is 0.0958. The molecule has 0 bridgehead atoms. The van der Waals surface area contributed by atoms with Gasteiger partial charge in [0.25, 0.3) is 0 Å². The van der Waals surface area contributed by atoms with Crippen LogP contribution in [0.15, 0.2) is 24.3 Å². The molecule has 2 heterocycles. The van der Waals surface area contributed by atoms with E-state index in [2.05, 4.69) is 52.9 Å². The Morgan fingerprint density at radius 1 is 1.00 bits per heavy atom. The molecule has 0 spiro atoms. The summed E-state index contributed by atoms with van der Waals surface area (Å²) >= 11 is 0. The number of rotatable bonds is 7. The highest BCUT2D eigenvalue weighted by Gasteiger charge is 2.29. The predicted molar refractivity (Wildman–Crippen MR) is 127 cm³/mol. The fourth-order valence-electron chi connectivity index (χ4n) is 5.87. The van der Waals surface area contributed by atoms with E-state index in [4.69, 9.17) is 4.98 Å². The Hall–Kier alpha value is -1.39. The summed E-state index contributed by atoms with van der Waals surface area (Å²) in [6.07, 6.45) is 13.7. The quantitative estimate of drug-likeness (QED) is 0.605. The van der Waals surface area contributed by atoms with Crippen molar-refractivity contribution in [2.24, 2.45) is 5.92 Å². The Kier molecular flexibility index (Phi) is 7.83. The van der Waals surface area contributed by atoms with Gasteiger partial charge in [0.1, 0.15) is 5.82 Å². The molecule has 1 atom stereocenters. The van der Waals surface area contributed by atoms with Crippen LogP contribution in [0.5, 0.6) is 0 Å². The Bertz CT molecular complexity index is 766. The molecule has 1 aliphatic heterocycles. The minimum Gasteiger partial charge on any atom is -0.325 e. The first-order chi connectivity index (χ1) is 14.8. The first-order valence-electron chi connectivity index (χ1n) is 12.7. The van der Waals surface area contributed by atoms with E-state index < -0.39 is 0 Å². The summed E-state index contributed by atoms with van der Waals surface area (Å²) < 4.78 is 2.59. The van der Waals surface area contributed by atoms with Crippen molar-refractivity contribution in [1.29, 1.82) is 0 Å². The number of likely N-dealkylation sites (tertiary alicyclic amines) is 1. The number of aromatic nitrogens is 2. The molecule has 2 aromatic rings. The highest BCUT2D eigenvalue weighted by atomic mass is 15.2. The number of fused-ring (bicyclic) bond motifs is 1. The average Bonchev–Trinajstić information content (AvgIpc) is 3.12. The molecule has 0 radical (unpaired) electrons. The van der Waals surface area contributed by atoms with Crippen LogP contribution in [0, 0.1) is 5.92 Å². The number of hydrogen-bond donors (Lipinski definition) is 1. The molecule has 2 aliphatic rings. The zero-order valence-corrected chi connectivity index (χ0v) is 19.3. The van der Waals surface area contributed by atoms with Gasteiger partial charge >= 0.3 is 0 Å². The standard InChI is InChI=1S/C26H42N4/c1-3-27-18-15-26-28-24-13-9-10-14-25(24)30(26)23-16-19-29(20-17-23)21(2)22-11-7-5-4-6-8-12-22/h9-10,13-14,21-23,27H,3-8,11-12,15-20H2,1-2H3. The van der Waals surface area contributed by atoms with Gasteiger partial charge in [-0.1, -0.05) is 51.2 Å². The largest absolute Gasteiger partial charge is 0.325 e. The molecule has 1 unspecified atom stereocenters. The van der Waals surface area contributed by atoms with Gasteiger partial charge in [-0.15, -0.1) is 0 Å². The molecule has 0 amide bonds. The second-order valence-corrected chi connectivity index (χ2v) is 9.60. The average molecular weight is 411 g/mol. The number of nitrogens with zero attached hydrogens (tertiary/aromatic N) is 3. The van der Waals surface area contributed by atoms with Gasteiger partial charge in [-0.3, -0.25) is 0 Å². The summed E-state index contributed by atoms with van der Waals surface area (Å²) in [7, 11) is 0. The van der Waals surface area contributed by atoms with Gasteiger partial charge in [-0.05, 0) is 57.2 Å². The van der Waals surface area contributed by atoms with E-state index in [1.165, 1.54) is 82.2 Å². The summed E-state index contributed by atoms with van der Waals surface area (Å²) in [5.41, 5.74) is 2.49. The van der Waals surface area contributed by atoms with E-state index in [1.807, 2.05) is 0 Å². The van der Waals surface area contributed by atoms with E-state index in [1.54, 1.807) is 0 Å². The first kappa shape index (κ1) is 21.8. The molecular weight excluding hydrogens is 368 g/mol. The first-order valence-corrected chi connectivity index (χ1v) is 12.7. The number of hydrogen-bond acceptors (Lipinski definition) is 3. The lowest BCUT2D eigenvalue weighted by atomic mass is 9.85. The van der Waals surface area contributed by atoms with Crippen molar-refractivity contribution in [2.45, 2.75) is 90.1 Å². The second kappa shape index (κ2) is 10.8. The number of para-hydroxylation sites is 2. The van der Waals surface area contributed by atoms with Crippen LogP contribution in [0.4, 0.5) is 0 Å². The van der Waals surface area contributed by atoms with Crippen LogP contribution in [-0.2, 0) is 6.42 Å². The summed E-state index contributed by atoms with van der Waals surface area (Å²) in [6.45, 7) is 9.20. The van der Waals surface area contributed by atoms with Gasteiger partial charge in [-0.25, -0.2) is 4.98 Å². The molecule has 4 nitrogen and oxygen atoms in total. The topological polar surface area (TPSA) is 33.1 Å². The molecular formula is C26H42N4. The maximum Gasteiger partial charge on any atom is 0.111 e. The highest BCUT2D eigenvalue weighted by Crippen LogP contribution is 2.33. The van der Waals surface area contributed by atoms with Crippen LogP contribution in [0.2, 0.25) is 0 Å². The van der Waals surface area contributed by atoms with Crippen molar-refractivity contribution >= 4 is 11.0 Å². The molecule has 1 aliphatic carbocycles. The third kappa shape index (κ3) is 5.08. The van der Waals surface area contributed by atoms with Gasteiger partial charge in [0, 0.05) is 38.1 Å². The van der Waals surface area contributed by atoms with Crippen molar-refractivity contribution in [3.63, 3.8) is 0 Å². The van der Waals surface area contributed by atoms with Crippen LogP contribution < -0.4 is 5.32 Å². The van der Waals surface area contributed by atoms with Crippen molar-refractivity contribution < 1.29 is 0 Å². The van der Waals surface area contributed by atoms with Crippen molar-refractivity contribution in [3.8, 4) is 0 Å². The molecule has 2 fully saturated rings. The third-order valence-electron chi connectivity index (χ3n) is 7.72. The Labute approximate surface area is 183 Å². The van der Waals surface area contributed by atoms with Gasteiger partial charge in [0.05, 0.1) is 11.0 Å². The normalized spacial score (nSPS) is 21.5. The number of piperidine rings is 1. The van der Waals surface area contributed by atoms with Crippen molar-refractivity contribution in [1.82, 2.24) is 19.8 Å². The fraction of sp³-hybridized carbons (Fsp3) is 0.731. The maximum atomic E-state index is 5.02. The zero-order valence-electron chi connectivity index (χ0n) is 19.3. The van der Waals surface area contributed by atoms with Crippen LogP contribution in [-0.4, -0.2) is 46.7 Å². The monoisotopic (exact) mass is 410 g/mol. The number of imidazole rings is 1. The molecule has 1 aromatic heterocycles. The summed E-state index contributed by atoms with van der Waals surface area (Å²) in [4.78, 5) is 7.82. The van der Waals surface area contributed by atoms with Crippen LogP contribution in [0.3, 0.4) is 0 Å². The summed E-state index contributed by atoms with van der Waals surface area (Å²) in [5, 5.41) is 3.48. The predicted octanol–water partition coefficient (Wildman–Crippen LogP) is 5.57. The molecule has 1 saturated carbocycles. The minimum absolute atomic E-state index is 0.592. The van der Waals surface area contributed by atoms with Gasteiger partial charge < -0.3 is 14.8 Å². The number of benzene rings is 1. The zero-order chi connectivity index (χ0) is 20.8. The number of likely N-dealkylation sites (N-methyl/N-ethyl adjacent to an activating group) is 1. The third-order valence-corrected chi connectivity index (χ3v) is 7.72. The Morgan fingerprint density at radius 2 is 1.70 bits per heavy atom. The van der Waals surface area contributed by atoms with Crippen LogP contribution >= 0.6 is 0 Å². The molecule has 1 N–H and O–H groups in total. The summed E-state index contributed by atoms with van der Waals surface area (Å²) in [5.74, 6) is 2.18. The van der Waals surface area contributed by atoms with Crippen molar-refractivity contribution in [2.75, 3.05) is 26.2 Å². The van der Waals surface area contributed by atoms with E-state index >= 15 is 0 Å². The van der Waals surface area contributed by atoms with Crippen LogP contribution in [0.25, 0.3) is 11.0 Å². The lowest BCUT2D eigenvalue weighted by Gasteiger charge is -2.40.